The third-order valence-electron chi connectivity index (χ3n) is 3.55. The number of carboxylic acids is 1. The first-order valence-electron chi connectivity index (χ1n) is 6.82. The maximum absolute atomic E-state index is 10.8. The van der Waals surface area contributed by atoms with Crippen LogP contribution in [0.5, 0.6) is 0 Å². The standard InChI is InChI=1S/C15H15ClN2O2S/c16-10-6-7-12-13(8-10)18(11-4-2-1-3-5-11)15(17-12)21-9-14(19)20/h1-2,6-8,11H,3-5,9H2,(H,19,20). The molecule has 6 heteroatoms. The van der Waals surface area contributed by atoms with Crippen LogP contribution in [0.4, 0.5) is 0 Å². The molecular weight excluding hydrogens is 308 g/mol. The molecule has 1 aromatic heterocycles. The Balaban J connectivity index is 2.06. The van der Waals surface area contributed by atoms with Crippen molar-refractivity contribution in [1.29, 1.82) is 0 Å². The zero-order valence-corrected chi connectivity index (χ0v) is 12.9. The molecule has 21 heavy (non-hydrogen) atoms. The minimum Gasteiger partial charge on any atom is -0.481 e. The van der Waals surface area contributed by atoms with Crippen molar-refractivity contribution >= 4 is 40.4 Å². The lowest BCUT2D eigenvalue weighted by Gasteiger charge is -2.22. The first-order valence-corrected chi connectivity index (χ1v) is 8.18. The summed E-state index contributed by atoms with van der Waals surface area (Å²) >= 11 is 7.38. The van der Waals surface area contributed by atoms with Gasteiger partial charge >= 0.3 is 5.97 Å². The number of allylic oxidation sites excluding steroid dienone is 2. The molecule has 1 aromatic carbocycles. The zero-order valence-electron chi connectivity index (χ0n) is 11.3. The molecule has 3 rings (SSSR count). The summed E-state index contributed by atoms with van der Waals surface area (Å²) in [6.45, 7) is 0. The SMILES string of the molecule is O=C(O)CSc1nc2ccc(Cl)cc2n1C1CC=CCC1. The first-order chi connectivity index (χ1) is 10.1. The lowest BCUT2D eigenvalue weighted by atomic mass is 10.0. The molecule has 1 aliphatic rings. The van der Waals surface area contributed by atoms with E-state index in [1.54, 1.807) is 0 Å². The molecule has 0 saturated carbocycles. The van der Waals surface area contributed by atoms with Crippen LogP contribution in [0.3, 0.4) is 0 Å². The van der Waals surface area contributed by atoms with Crippen LogP contribution in [0, 0.1) is 0 Å². The molecular formula is C15H15ClN2O2S. The number of aromatic nitrogens is 2. The lowest BCUT2D eigenvalue weighted by Crippen LogP contribution is -2.12. The van der Waals surface area contributed by atoms with Crippen LogP contribution in [-0.4, -0.2) is 26.4 Å². The average Bonchev–Trinajstić information content (AvgIpc) is 2.83. The number of thioether (sulfide) groups is 1. The number of hydrogen-bond acceptors (Lipinski definition) is 3. The third kappa shape index (κ3) is 3.09. The Hall–Kier alpha value is -1.46. The van der Waals surface area contributed by atoms with Crippen molar-refractivity contribution in [2.75, 3.05) is 5.75 Å². The molecule has 1 aliphatic carbocycles. The minimum absolute atomic E-state index is 0.0135. The highest BCUT2D eigenvalue weighted by Crippen LogP contribution is 2.34. The van der Waals surface area contributed by atoms with E-state index in [1.807, 2.05) is 18.2 Å². The molecule has 0 radical (unpaired) electrons. The molecule has 110 valence electrons. The molecule has 1 atom stereocenters. The maximum atomic E-state index is 10.8. The van der Waals surface area contributed by atoms with Gasteiger partial charge in [0.2, 0.25) is 0 Å². The largest absolute Gasteiger partial charge is 0.481 e. The Labute approximate surface area is 131 Å². The van der Waals surface area contributed by atoms with Gasteiger partial charge in [-0.05, 0) is 37.5 Å². The van der Waals surface area contributed by atoms with Crippen molar-refractivity contribution in [1.82, 2.24) is 9.55 Å². The number of carbonyl (C=O) groups is 1. The number of halogens is 1. The van der Waals surface area contributed by atoms with Crippen molar-refractivity contribution in [2.45, 2.75) is 30.5 Å². The molecule has 0 fully saturated rings. The van der Waals surface area contributed by atoms with E-state index < -0.39 is 5.97 Å². The number of rotatable bonds is 4. The summed E-state index contributed by atoms with van der Waals surface area (Å²) < 4.78 is 2.15. The summed E-state index contributed by atoms with van der Waals surface area (Å²) in [5.41, 5.74) is 1.84. The van der Waals surface area contributed by atoms with Crippen LogP contribution in [0.1, 0.15) is 25.3 Å². The number of nitrogens with zero attached hydrogens (tertiary/aromatic N) is 2. The molecule has 1 unspecified atom stereocenters. The van der Waals surface area contributed by atoms with Gasteiger partial charge in [-0.15, -0.1) is 0 Å². The van der Waals surface area contributed by atoms with Gasteiger partial charge in [0.25, 0.3) is 0 Å². The number of hydrogen-bond donors (Lipinski definition) is 1. The van der Waals surface area contributed by atoms with Crippen molar-refractivity contribution in [2.24, 2.45) is 0 Å². The zero-order chi connectivity index (χ0) is 14.8. The number of aliphatic carboxylic acids is 1. The highest BCUT2D eigenvalue weighted by molar-refractivity contribution is 7.99. The second kappa shape index (κ2) is 6.12. The Morgan fingerprint density at radius 2 is 2.33 bits per heavy atom. The van der Waals surface area contributed by atoms with E-state index in [0.29, 0.717) is 11.1 Å². The van der Waals surface area contributed by atoms with Gasteiger partial charge in [0.05, 0.1) is 16.8 Å². The minimum atomic E-state index is -0.833. The van der Waals surface area contributed by atoms with Gasteiger partial charge in [-0.3, -0.25) is 4.79 Å². The van der Waals surface area contributed by atoms with E-state index >= 15 is 0 Å². The summed E-state index contributed by atoms with van der Waals surface area (Å²) in [4.78, 5) is 15.4. The second-order valence-electron chi connectivity index (χ2n) is 5.02. The Morgan fingerprint density at radius 3 is 3.05 bits per heavy atom. The fourth-order valence-corrected chi connectivity index (χ4v) is 3.61. The number of carboxylic acid groups (broad SMARTS) is 1. The van der Waals surface area contributed by atoms with E-state index in [0.717, 1.165) is 35.5 Å². The predicted octanol–water partition coefficient (Wildman–Crippen LogP) is 4.15. The van der Waals surface area contributed by atoms with Gasteiger partial charge < -0.3 is 9.67 Å². The lowest BCUT2D eigenvalue weighted by molar-refractivity contribution is -0.133. The molecule has 0 amide bonds. The molecule has 4 nitrogen and oxygen atoms in total. The molecule has 0 saturated heterocycles. The van der Waals surface area contributed by atoms with Crippen LogP contribution in [-0.2, 0) is 4.79 Å². The molecule has 0 spiro atoms. The van der Waals surface area contributed by atoms with E-state index in [2.05, 4.69) is 21.7 Å². The highest BCUT2D eigenvalue weighted by Gasteiger charge is 2.20. The molecule has 0 aliphatic heterocycles. The van der Waals surface area contributed by atoms with E-state index in [9.17, 15) is 4.79 Å². The Kier molecular flexibility index (Phi) is 4.22. The van der Waals surface area contributed by atoms with Crippen LogP contribution >= 0.6 is 23.4 Å². The normalized spacial score (nSPS) is 18.2. The van der Waals surface area contributed by atoms with Crippen molar-refractivity contribution < 1.29 is 9.90 Å². The summed E-state index contributed by atoms with van der Waals surface area (Å²) in [7, 11) is 0. The van der Waals surface area contributed by atoms with Crippen molar-refractivity contribution in [3.8, 4) is 0 Å². The van der Waals surface area contributed by atoms with Crippen molar-refractivity contribution in [3.05, 3.63) is 35.4 Å². The first kappa shape index (κ1) is 14.5. The quantitative estimate of drug-likeness (QED) is 0.678. The highest BCUT2D eigenvalue weighted by atomic mass is 35.5. The second-order valence-corrected chi connectivity index (χ2v) is 6.40. The van der Waals surface area contributed by atoms with E-state index in [1.165, 1.54) is 11.8 Å². The van der Waals surface area contributed by atoms with Crippen LogP contribution in [0.25, 0.3) is 11.0 Å². The van der Waals surface area contributed by atoms with Gasteiger partial charge in [-0.2, -0.15) is 0 Å². The van der Waals surface area contributed by atoms with Gasteiger partial charge in [-0.25, -0.2) is 4.98 Å². The molecule has 1 heterocycles. The summed E-state index contributed by atoms with van der Waals surface area (Å²) in [5.74, 6) is -0.820. The molecule has 1 N–H and O–H groups in total. The van der Waals surface area contributed by atoms with E-state index in [-0.39, 0.29) is 5.75 Å². The van der Waals surface area contributed by atoms with Gasteiger partial charge in [0.1, 0.15) is 0 Å². The summed E-state index contributed by atoms with van der Waals surface area (Å²) in [6, 6.07) is 5.92. The fourth-order valence-electron chi connectivity index (χ4n) is 2.64. The molecule has 2 aromatic rings. The monoisotopic (exact) mass is 322 g/mol. The van der Waals surface area contributed by atoms with Gasteiger partial charge in [0, 0.05) is 11.1 Å². The number of imidazole rings is 1. The summed E-state index contributed by atoms with van der Waals surface area (Å²) in [6.07, 6.45) is 7.38. The van der Waals surface area contributed by atoms with Gasteiger partial charge in [0.15, 0.2) is 5.16 Å². The van der Waals surface area contributed by atoms with Crippen molar-refractivity contribution in [3.63, 3.8) is 0 Å². The Bertz CT molecular complexity index is 711. The van der Waals surface area contributed by atoms with Crippen LogP contribution in [0.15, 0.2) is 35.5 Å². The van der Waals surface area contributed by atoms with Gasteiger partial charge in [-0.1, -0.05) is 35.5 Å². The predicted molar refractivity (Wildman–Crippen MR) is 85.1 cm³/mol. The maximum Gasteiger partial charge on any atom is 0.313 e. The number of fused-ring (bicyclic) bond motifs is 1. The smallest absolute Gasteiger partial charge is 0.313 e. The van der Waals surface area contributed by atoms with E-state index in [4.69, 9.17) is 16.7 Å². The third-order valence-corrected chi connectivity index (χ3v) is 4.72. The summed E-state index contributed by atoms with van der Waals surface area (Å²) in [5, 5.41) is 10.3. The fraction of sp³-hybridized carbons (Fsp3) is 0.333. The topological polar surface area (TPSA) is 55.1 Å². The number of benzene rings is 1. The van der Waals surface area contributed by atoms with Crippen LogP contribution < -0.4 is 0 Å². The van der Waals surface area contributed by atoms with Crippen LogP contribution in [0.2, 0.25) is 5.02 Å². The molecule has 0 bridgehead atoms. The Morgan fingerprint density at radius 1 is 1.48 bits per heavy atom. The average molecular weight is 323 g/mol.